The Morgan fingerprint density at radius 1 is 1.17 bits per heavy atom. The minimum absolute atomic E-state index is 0.116. The van der Waals surface area contributed by atoms with Crippen LogP contribution in [0.5, 0.6) is 11.5 Å². The molecule has 3 atom stereocenters. The molecule has 1 aliphatic carbocycles. The van der Waals surface area contributed by atoms with Crippen molar-refractivity contribution >= 4 is 11.9 Å². The largest absolute Gasteiger partial charge is 0.454 e. The molecule has 0 amide bonds. The number of allylic oxidation sites excluding steroid dienone is 1. The lowest BCUT2D eigenvalue weighted by Crippen LogP contribution is -2.20. The number of alkyl halides is 3. The van der Waals surface area contributed by atoms with E-state index in [0.717, 1.165) is 6.07 Å². The summed E-state index contributed by atoms with van der Waals surface area (Å²) in [5.74, 6) is -6.76. The molecule has 1 saturated carbocycles. The van der Waals surface area contributed by atoms with Crippen molar-refractivity contribution < 1.29 is 45.8 Å². The van der Waals surface area contributed by atoms with Gasteiger partial charge in [0, 0.05) is 5.56 Å². The number of hydrogen-bond donors (Lipinski definition) is 0. The molecule has 0 bridgehead atoms. The molecule has 6 nitrogen and oxygen atoms in total. The number of nitrogens with zero attached hydrogens (tertiary/aromatic N) is 1. The Morgan fingerprint density at radius 2 is 1.83 bits per heavy atom. The first kappa shape index (κ1) is 26.7. The van der Waals surface area contributed by atoms with Gasteiger partial charge in [0.15, 0.2) is 18.2 Å². The van der Waals surface area contributed by atoms with Crippen molar-refractivity contribution in [3.63, 3.8) is 0 Å². The summed E-state index contributed by atoms with van der Waals surface area (Å²) >= 11 is 0. The van der Waals surface area contributed by atoms with Crippen LogP contribution < -0.4 is 4.74 Å². The van der Waals surface area contributed by atoms with Gasteiger partial charge >= 0.3 is 18.1 Å². The summed E-state index contributed by atoms with van der Waals surface area (Å²) in [5, 5.41) is 9.53. The minimum atomic E-state index is -4.82. The number of benzene rings is 2. The highest BCUT2D eigenvalue weighted by Gasteiger charge is 2.62. The van der Waals surface area contributed by atoms with Crippen LogP contribution in [-0.2, 0) is 19.1 Å². The van der Waals surface area contributed by atoms with Crippen molar-refractivity contribution in [3.05, 3.63) is 71.8 Å². The van der Waals surface area contributed by atoms with Crippen molar-refractivity contribution in [3.8, 4) is 17.6 Å². The predicted molar refractivity (Wildman–Crippen MR) is 114 cm³/mol. The second-order valence-corrected chi connectivity index (χ2v) is 8.58. The number of carbonyl (C=O) groups is 2. The quantitative estimate of drug-likeness (QED) is 0.248. The molecular formula is C25H20F5NO5. The average Bonchev–Trinajstić information content (AvgIpc) is 3.36. The Labute approximate surface area is 202 Å². The molecule has 11 heteroatoms. The Bertz CT molecular complexity index is 1200. The van der Waals surface area contributed by atoms with Gasteiger partial charge in [-0.05, 0) is 41.7 Å². The zero-order valence-corrected chi connectivity index (χ0v) is 19.0. The van der Waals surface area contributed by atoms with Gasteiger partial charge in [-0.25, -0.2) is 9.18 Å². The highest BCUT2D eigenvalue weighted by Crippen LogP contribution is 2.60. The zero-order valence-electron chi connectivity index (χ0n) is 19.0. The fourth-order valence-corrected chi connectivity index (χ4v) is 3.62. The van der Waals surface area contributed by atoms with Crippen molar-refractivity contribution in [2.75, 3.05) is 6.61 Å². The summed E-state index contributed by atoms with van der Waals surface area (Å²) in [6, 6.07) is 13.5. The Hall–Kier alpha value is -3.94. The number of esters is 2. The van der Waals surface area contributed by atoms with Crippen molar-refractivity contribution in [2.24, 2.45) is 17.3 Å². The van der Waals surface area contributed by atoms with Gasteiger partial charge in [0.1, 0.15) is 11.8 Å². The van der Waals surface area contributed by atoms with E-state index in [2.05, 4.69) is 4.74 Å². The molecule has 0 aliphatic heterocycles. The standard InChI is InChI=1S/C25H20F5NO5/c1-24(2)16(11-18(27)22(32)34-13-25(28,29)30)21(24)23(33)36-20(12-31)14-8-9-17(26)19(10-14)35-15-6-4-3-5-7-15/h3-11,16,20-21H,13H2,1-2H3/t16-,20+,21-/m0/s1. The first-order valence-electron chi connectivity index (χ1n) is 10.6. The molecule has 3 rings (SSSR count). The van der Waals surface area contributed by atoms with Crippen LogP contribution in [0.1, 0.15) is 25.5 Å². The fourth-order valence-electron chi connectivity index (χ4n) is 3.62. The lowest BCUT2D eigenvalue weighted by molar-refractivity contribution is -0.184. The molecule has 0 unspecified atom stereocenters. The van der Waals surface area contributed by atoms with Gasteiger partial charge in [0.2, 0.25) is 11.9 Å². The van der Waals surface area contributed by atoms with Crippen LogP contribution in [0.3, 0.4) is 0 Å². The first-order chi connectivity index (χ1) is 16.8. The predicted octanol–water partition coefficient (Wildman–Crippen LogP) is 5.96. The summed E-state index contributed by atoms with van der Waals surface area (Å²) in [6.45, 7) is 1.16. The average molecular weight is 509 g/mol. The maximum atomic E-state index is 14.2. The first-order valence-corrected chi connectivity index (χ1v) is 10.6. The van der Waals surface area contributed by atoms with Crippen LogP contribution >= 0.6 is 0 Å². The van der Waals surface area contributed by atoms with Crippen LogP contribution in [-0.4, -0.2) is 24.7 Å². The van der Waals surface area contributed by atoms with Gasteiger partial charge in [-0.2, -0.15) is 22.8 Å². The molecule has 0 saturated heterocycles. The number of para-hydroxylation sites is 1. The highest BCUT2D eigenvalue weighted by molar-refractivity contribution is 5.87. The van der Waals surface area contributed by atoms with E-state index in [1.54, 1.807) is 50.2 Å². The van der Waals surface area contributed by atoms with E-state index in [1.807, 2.05) is 0 Å². The third-order valence-electron chi connectivity index (χ3n) is 5.63. The van der Waals surface area contributed by atoms with Crippen LogP contribution in [0.15, 0.2) is 60.4 Å². The normalized spacial score (nSPS) is 19.6. The number of nitriles is 1. The van der Waals surface area contributed by atoms with E-state index in [0.29, 0.717) is 11.8 Å². The Morgan fingerprint density at radius 3 is 2.44 bits per heavy atom. The van der Waals surface area contributed by atoms with Crippen molar-refractivity contribution in [1.29, 1.82) is 5.26 Å². The molecule has 2 aromatic rings. The summed E-state index contributed by atoms with van der Waals surface area (Å²) in [7, 11) is 0. The molecule has 1 fully saturated rings. The molecule has 190 valence electrons. The third-order valence-corrected chi connectivity index (χ3v) is 5.63. The van der Waals surface area contributed by atoms with E-state index >= 15 is 0 Å². The summed E-state index contributed by atoms with van der Waals surface area (Å²) in [6.07, 6.45) is -5.57. The van der Waals surface area contributed by atoms with Gasteiger partial charge in [0.25, 0.3) is 0 Å². The van der Waals surface area contributed by atoms with E-state index in [9.17, 15) is 36.8 Å². The lowest BCUT2D eigenvalue weighted by atomic mass is 10.1. The van der Waals surface area contributed by atoms with Crippen LogP contribution in [0.4, 0.5) is 22.0 Å². The molecule has 36 heavy (non-hydrogen) atoms. The monoisotopic (exact) mass is 509 g/mol. The Kier molecular flexibility index (Phi) is 7.67. The molecule has 0 heterocycles. The molecule has 0 N–H and O–H groups in total. The van der Waals surface area contributed by atoms with Gasteiger partial charge in [-0.1, -0.05) is 38.1 Å². The lowest BCUT2D eigenvalue weighted by Gasteiger charge is -2.14. The van der Waals surface area contributed by atoms with Crippen LogP contribution in [0.2, 0.25) is 0 Å². The second kappa shape index (κ2) is 10.4. The van der Waals surface area contributed by atoms with Gasteiger partial charge in [-0.3, -0.25) is 4.79 Å². The number of ether oxygens (including phenoxy) is 3. The van der Waals surface area contributed by atoms with E-state index in [4.69, 9.17) is 9.47 Å². The van der Waals surface area contributed by atoms with E-state index < -0.39 is 59.7 Å². The number of halogens is 5. The maximum Gasteiger partial charge on any atom is 0.422 e. The van der Waals surface area contributed by atoms with E-state index in [1.165, 1.54) is 12.1 Å². The number of carbonyl (C=O) groups excluding carboxylic acids is 2. The smallest absolute Gasteiger partial charge is 0.422 e. The van der Waals surface area contributed by atoms with Gasteiger partial charge in [-0.15, -0.1) is 0 Å². The van der Waals surface area contributed by atoms with Crippen molar-refractivity contribution in [2.45, 2.75) is 26.1 Å². The SMILES string of the molecule is CC1(C)[C@H](C(=O)O[C@H](C#N)c2ccc(F)c(Oc3ccccc3)c2)[C@@H]1C=C(F)C(=O)OCC(F)(F)F. The number of hydrogen-bond acceptors (Lipinski definition) is 6. The third kappa shape index (κ3) is 6.38. The van der Waals surface area contributed by atoms with E-state index in [-0.39, 0.29) is 11.3 Å². The summed E-state index contributed by atoms with van der Waals surface area (Å²) in [4.78, 5) is 24.2. The number of rotatable bonds is 8. The molecule has 0 aromatic heterocycles. The minimum Gasteiger partial charge on any atom is -0.454 e. The molecule has 2 aromatic carbocycles. The van der Waals surface area contributed by atoms with Gasteiger partial charge in [0.05, 0.1) is 5.92 Å². The van der Waals surface area contributed by atoms with Crippen LogP contribution in [0.25, 0.3) is 0 Å². The maximum absolute atomic E-state index is 14.2. The second-order valence-electron chi connectivity index (χ2n) is 8.58. The molecule has 0 radical (unpaired) electrons. The Balaban J connectivity index is 1.70. The molecule has 1 aliphatic rings. The highest BCUT2D eigenvalue weighted by atomic mass is 19.4. The topological polar surface area (TPSA) is 85.6 Å². The van der Waals surface area contributed by atoms with Crippen molar-refractivity contribution in [1.82, 2.24) is 0 Å². The fraction of sp³-hybridized carbons (Fsp3) is 0.320. The molecule has 0 spiro atoms. The summed E-state index contributed by atoms with van der Waals surface area (Å²) in [5.41, 5.74) is -0.797. The molecular weight excluding hydrogens is 489 g/mol. The van der Waals surface area contributed by atoms with Crippen LogP contribution in [0, 0.1) is 34.4 Å². The summed E-state index contributed by atoms with van der Waals surface area (Å²) < 4.78 is 79.4. The van der Waals surface area contributed by atoms with Gasteiger partial charge < -0.3 is 14.2 Å². The zero-order chi connectivity index (χ0) is 26.7.